The molecule has 1 spiro atoms. The zero-order valence-corrected chi connectivity index (χ0v) is 21.4. The number of halogens is 3. The zero-order valence-electron chi connectivity index (χ0n) is 20.6. The summed E-state index contributed by atoms with van der Waals surface area (Å²) in [7, 11) is -3.43. The quantitative estimate of drug-likeness (QED) is 0.609. The van der Waals surface area contributed by atoms with Crippen LogP contribution in [0.15, 0.2) is 29.2 Å². The predicted molar refractivity (Wildman–Crippen MR) is 126 cm³/mol. The van der Waals surface area contributed by atoms with E-state index in [9.17, 15) is 26.7 Å². The van der Waals surface area contributed by atoms with Crippen LogP contribution in [-0.4, -0.2) is 91.5 Å². The largest absolute Gasteiger partial charge is 0.490 e. The van der Waals surface area contributed by atoms with Crippen molar-refractivity contribution in [2.24, 2.45) is 11.3 Å². The second-order valence-corrected chi connectivity index (χ2v) is 12.1. The van der Waals surface area contributed by atoms with E-state index >= 15 is 0 Å². The number of nitrogens with zero attached hydrogens (tertiary/aromatic N) is 2. The van der Waals surface area contributed by atoms with E-state index in [1.807, 2.05) is 19.1 Å². The minimum absolute atomic E-state index is 0.101. The lowest BCUT2D eigenvalue weighted by molar-refractivity contribution is -0.192. The highest BCUT2D eigenvalue weighted by Crippen LogP contribution is 2.43. The molecule has 8 nitrogen and oxygen atoms in total. The summed E-state index contributed by atoms with van der Waals surface area (Å²) in [5.41, 5.74) is 0.902. The summed E-state index contributed by atoms with van der Waals surface area (Å²) in [6.45, 7) is 8.44. The van der Waals surface area contributed by atoms with E-state index in [4.69, 9.17) is 14.6 Å². The summed E-state index contributed by atoms with van der Waals surface area (Å²) in [4.78, 5) is 11.6. The van der Waals surface area contributed by atoms with E-state index in [-0.39, 0.29) is 17.6 Å². The maximum Gasteiger partial charge on any atom is 0.490 e. The van der Waals surface area contributed by atoms with Gasteiger partial charge in [-0.2, -0.15) is 17.5 Å². The number of aliphatic carboxylic acids is 1. The number of benzene rings is 1. The number of sulfonamides is 1. The summed E-state index contributed by atoms with van der Waals surface area (Å²) >= 11 is 0. The van der Waals surface area contributed by atoms with Gasteiger partial charge in [-0.15, -0.1) is 0 Å². The highest BCUT2D eigenvalue weighted by Gasteiger charge is 2.45. The molecule has 204 valence electrons. The summed E-state index contributed by atoms with van der Waals surface area (Å²) in [6, 6.07) is 7.22. The van der Waals surface area contributed by atoms with Crippen LogP contribution < -0.4 is 0 Å². The summed E-state index contributed by atoms with van der Waals surface area (Å²) in [5.74, 6) is -2.38. The summed E-state index contributed by atoms with van der Waals surface area (Å²) < 4.78 is 65.6. The Morgan fingerprint density at radius 2 is 1.81 bits per heavy atom. The molecule has 0 amide bonds. The molecule has 3 aliphatic heterocycles. The molecule has 4 rings (SSSR count). The number of β-amino-alcohol motifs (C(OH)–C–C–N with tert-alkyl or cyclic N) is 1. The number of aliphatic hydroxyl groups excluding tert-OH is 1. The second kappa shape index (κ2) is 11.3. The highest BCUT2D eigenvalue weighted by molar-refractivity contribution is 7.89. The number of carbonyl (C=O) groups is 1. The van der Waals surface area contributed by atoms with Gasteiger partial charge in [-0.3, -0.25) is 4.90 Å². The number of aryl methyl sites for hydroxylation is 1. The summed E-state index contributed by atoms with van der Waals surface area (Å²) in [5, 5.41) is 17.3. The number of hydrogen-bond donors (Lipinski definition) is 2. The number of piperidine rings is 2. The predicted octanol–water partition coefficient (Wildman–Crippen LogP) is 2.89. The molecule has 1 aromatic carbocycles. The lowest BCUT2D eigenvalue weighted by Crippen LogP contribution is -2.46. The van der Waals surface area contributed by atoms with Crippen LogP contribution in [0.1, 0.15) is 38.2 Å². The fourth-order valence-electron chi connectivity index (χ4n) is 5.12. The fourth-order valence-corrected chi connectivity index (χ4v) is 6.78. The van der Waals surface area contributed by atoms with Crippen molar-refractivity contribution in [2.75, 3.05) is 39.3 Å². The van der Waals surface area contributed by atoms with Crippen LogP contribution >= 0.6 is 0 Å². The molecule has 2 N–H and O–H groups in total. The van der Waals surface area contributed by atoms with Crippen molar-refractivity contribution in [3.63, 3.8) is 0 Å². The Bertz CT molecular complexity index is 1010. The Morgan fingerprint density at radius 3 is 2.36 bits per heavy atom. The molecule has 3 fully saturated rings. The van der Waals surface area contributed by atoms with Gasteiger partial charge in [0.2, 0.25) is 10.0 Å². The lowest BCUT2D eigenvalue weighted by atomic mass is 9.77. The molecule has 0 radical (unpaired) electrons. The molecule has 12 heteroatoms. The van der Waals surface area contributed by atoms with E-state index < -0.39 is 22.2 Å². The van der Waals surface area contributed by atoms with Crippen LogP contribution in [-0.2, 0) is 19.6 Å². The van der Waals surface area contributed by atoms with Gasteiger partial charge >= 0.3 is 12.1 Å². The standard InChI is InChI=1S/C22H34N2O4S.C2HF3O2/c1-17-7-10-23(15-20(17)25)14-19-13-22(16-28-19)8-11-24(12-9-22)29(26,27)21-6-4-3-5-18(21)2;3-2(4,5)1(6)7/h3-6,17,19-20,25H,7-16H2,1-2H3;(H,6,7)/t17-,19?,20-;/m1./s1. The number of carboxylic acid groups (broad SMARTS) is 1. The molecule has 36 heavy (non-hydrogen) atoms. The molecule has 3 aliphatic rings. The van der Waals surface area contributed by atoms with Gasteiger partial charge in [-0.25, -0.2) is 13.2 Å². The average Bonchev–Trinajstić information content (AvgIpc) is 3.18. The lowest BCUT2D eigenvalue weighted by Gasteiger charge is -2.38. The Balaban J connectivity index is 0.000000454. The van der Waals surface area contributed by atoms with Crippen LogP contribution in [0.4, 0.5) is 13.2 Å². The van der Waals surface area contributed by atoms with E-state index in [0.717, 1.165) is 57.5 Å². The third kappa shape index (κ3) is 6.97. The van der Waals surface area contributed by atoms with Crippen LogP contribution in [0.2, 0.25) is 0 Å². The van der Waals surface area contributed by atoms with Crippen molar-refractivity contribution in [2.45, 2.75) is 62.8 Å². The number of likely N-dealkylation sites (tertiary alicyclic amines) is 1. The Morgan fingerprint density at radius 1 is 1.19 bits per heavy atom. The van der Waals surface area contributed by atoms with Crippen molar-refractivity contribution in [1.82, 2.24) is 9.21 Å². The monoisotopic (exact) mass is 536 g/mol. The van der Waals surface area contributed by atoms with Crippen LogP contribution in [0.3, 0.4) is 0 Å². The van der Waals surface area contributed by atoms with Crippen molar-refractivity contribution < 1.29 is 41.3 Å². The molecule has 1 unspecified atom stereocenters. The van der Waals surface area contributed by atoms with Crippen molar-refractivity contribution in [3.05, 3.63) is 29.8 Å². The minimum atomic E-state index is -5.08. The molecule has 3 heterocycles. The number of hydrogen-bond acceptors (Lipinski definition) is 6. The normalized spacial score (nSPS) is 27.4. The number of aliphatic hydroxyl groups is 1. The third-order valence-corrected chi connectivity index (χ3v) is 9.55. The van der Waals surface area contributed by atoms with Gasteiger partial charge in [-0.05, 0) is 62.1 Å². The van der Waals surface area contributed by atoms with Gasteiger partial charge in [0.15, 0.2) is 0 Å². The molecule has 3 saturated heterocycles. The van der Waals surface area contributed by atoms with E-state index in [1.54, 1.807) is 16.4 Å². The van der Waals surface area contributed by atoms with Gasteiger partial charge in [0, 0.05) is 26.2 Å². The van der Waals surface area contributed by atoms with Crippen molar-refractivity contribution in [3.8, 4) is 0 Å². The smallest absolute Gasteiger partial charge is 0.475 e. The first-order valence-electron chi connectivity index (χ1n) is 12.1. The highest BCUT2D eigenvalue weighted by atomic mass is 32.2. The maximum atomic E-state index is 13.1. The van der Waals surface area contributed by atoms with Gasteiger partial charge in [0.1, 0.15) is 0 Å². The fraction of sp³-hybridized carbons (Fsp3) is 0.708. The Labute approximate surface area is 210 Å². The molecular weight excluding hydrogens is 501 g/mol. The Kier molecular flexibility index (Phi) is 9.08. The maximum absolute atomic E-state index is 13.1. The Hall–Kier alpha value is -1.73. The van der Waals surface area contributed by atoms with E-state index in [0.29, 0.717) is 23.9 Å². The molecule has 0 bridgehead atoms. The van der Waals surface area contributed by atoms with Gasteiger partial charge in [0.25, 0.3) is 0 Å². The number of rotatable bonds is 4. The second-order valence-electron chi connectivity index (χ2n) is 10.2. The SMILES string of the molecule is Cc1ccccc1S(=O)(=O)N1CCC2(CC1)COC(CN1CC[C@@H](C)[C@H](O)C1)C2.O=C(O)C(F)(F)F. The van der Waals surface area contributed by atoms with Crippen LogP contribution in [0, 0.1) is 18.3 Å². The summed E-state index contributed by atoms with van der Waals surface area (Å²) in [6.07, 6.45) is -1.40. The molecule has 1 aromatic rings. The van der Waals surface area contributed by atoms with Crippen molar-refractivity contribution >= 4 is 16.0 Å². The number of alkyl halides is 3. The van der Waals surface area contributed by atoms with E-state index in [1.165, 1.54) is 0 Å². The van der Waals surface area contributed by atoms with Gasteiger partial charge in [-0.1, -0.05) is 25.1 Å². The van der Waals surface area contributed by atoms with Crippen LogP contribution in [0.25, 0.3) is 0 Å². The first kappa shape index (κ1) is 28.8. The first-order chi connectivity index (χ1) is 16.7. The van der Waals surface area contributed by atoms with E-state index in [2.05, 4.69) is 11.8 Å². The molecule has 0 aliphatic carbocycles. The molecule has 0 saturated carbocycles. The number of carboxylic acids is 1. The zero-order chi connectivity index (χ0) is 26.7. The topological polar surface area (TPSA) is 107 Å². The van der Waals surface area contributed by atoms with Gasteiger partial charge in [0.05, 0.1) is 23.7 Å². The molecule has 3 atom stereocenters. The molecular formula is C24H35F3N2O6S. The first-order valence-corrected chi connectivity index (χ1v) is 13.6. The molecule has 0 aromatic heterocycles. The number of ether oxygens (including phenoxy) is 1. The average molecular weight is 537 g/mol. The third-order valence-electron chi connectivity index (χ3n) is 7.49. The van der Waals surface area contributed by atoms with Gasteiger partial charge < -0.3 is 14.9 Å². The van der Waals surface area contributed by atoms with Crippen molar-refractivity contribution in [1.29, 1.82) is 0 Å². The van der Waals surface area contributed by atoms with Crippen LogP contribution in [0.5, 0.6) is 0 Å². The minimum Gasteiger partial charge on any atom is -0.475 e.